The van der Waals surface area contributed by atoms with Gasteiger partial charge in [-0.25, -0.2) is 9.37 Å². The third-order valence-electron chi connectivity index (χ3n) is 3.16. The number of aryl methyl sites for hydroxylation is 1. The molecule has 2 aromatic rings. The van der Waals surface area contributed by atoms with Crippen molar-refractivity contribution in [1.29, 1.82) is 0 Å². The molecule has 1 unspecified atom stereocenters. The molecule has 94 valence electrons. The van der Waals surface area contributed by atoms with E-state index in [0.29, 0.717) is 4.47 Å². The van der Waals surface area contributed by atoms with E-state index in [1.165, 1.54) is 10.9 Å². The van der Waals surface area contributed by atoms with E-state index in [0.717, 1.165) is 35.5 Å². The molecule has 0 aliphatic heterocycles. The highest BCUT2D eigenvalue weighted by Crippen LogP contribution is 2.37. The van der Waals surface area contributed by atoms with Crippen molar-refractivity contribution in [2.45, 2.75) is 25.3 Å². The zero-order valence-electron chi connectivity index (χ0n) is 9.62. The molecule has 1 aromatic heterocycles. The molecule has 1 aromatic carbocycles. The number of hydrogen-bond donors (Lipinski definition) is 1. The Hall–Kier alpha value is -0.780. The number of hydrogen-bond acceptors (Lipinski definition) is 3. The van der Waals surface area contributed by atoms with E-state index in [1.807, 2.05) is 0 Å². The number of nitrogens with two attached hydrogens (primary N) is 1. The van der Waals surface area contributed by atoms with Gasteiger partial charge in [0.05, 0.1) is 10.2 Å². The number of halogens is 2. The van der Waals surface area contributed by atoms with Gasteiger partial charge in [0.15, 0.2) is 0 Å². The molecule has 2 nitrogen and oxygen atoms in total. The lowest BCUT2D eigenvalue weighted by molar-refractivity contribution is 0.573. The van der Waals surface area contributed by atoms with Gasteiger partial charge in [0.1, 0.15) is 10.8 Å². The van der Waals surface area contributed by atoms with Crippen LogP contribution in [0.25, 0.3) is 10.6 Å². The molecule has 2 N–H and O–H groups in total. The quantitative estimate of drug-likeness (QED) is 0.858. The van der Waals surface area contributed by atoms with Crippen LogP contribution >= 0.6 is 27.3 Å². The van der Waals surface area contributed by atoms with Crippen LogP contribution in [0.2, 0.25) is 0 Å². The van der Waals surface area contributed by atoms with Gasteiger partial charge in [-0.2, -0.15) is 0 Å². The largest absolute Gasteiger partial charge is 0.323 e. The monoisotopic (exact) mass is 326 g/mol. The highest BCUT2D eigenvalue weighted by molar-refractivity contribution is 9.10. The SMILES string of the molecule is NC1CCCc2nc(-c3ccc(F)c(Br)c3)sc21. The molecule has 5 heteroatoms. The van der Waals surface area contributed by atoms with Crippen molar-refractivity contribution in [1.82, 2.24) is 4.98 Å². The van der Waals surface area contributed by atoms with Crippen molar-refractivity contribution in [3.63, 3.8) is 0 Å². The summed E-state index contributed by atoms with van der Waals surface area (Å²) in [5, 5.41) is 0.929. The zero-order chi connectivity index (χ0) is 12.7. The molecule has 1 aliphatic rings. The molecule has 1 aliphatic carbocycles. The Bertz CT molecular complexity index is 597. The van der Waals surface area contributed by atoms with Gasteiger partial charge >= 0.3 is 0 Å². The summed E-state index contributed by atoms with van der Waals surface area (Å²) in [4.78, 5) is 5.83. The molecule has 18 heavy (non-hydrogen) atoms. The van der Waals surface area contributed by atoms with Crippen LogP contribution in [0.1, 0.15) is 29.5 Å². The van der Waals surface area contributed by atoms with E-state index < -0.39 is 0 Å². The smallest absolute Gasteiger partial charge is 0.137 e. The van der Waals surface area contributed by atoms with Crippen molar-refractivity contribution in [2.24, 2.45) is 5.73 Å². The molecule has 3 rings (SSSR count). The number of nitrogens with zero attached hydrogens (tertiary/aromatic N) is 1. The highest BCUT2D eigenvalue weighted by atomic mass is 79.9. The van der Waals surface area contributed by atoms with Gasteiger partial charge in [0.2, 0.25) is 0 Å². The summed E-state index contributed by atoms with van der Waals surface area (Å²) in [5.74, 6) is -0.253. The summed E-state index contributed by atoms with van der Waals surface area (Å²) < 4.78 is 13.7. The zero-order valence-corrected chi connectivity index (χ0v) is 12.0. The van der Waals surface area contributed by atoms with Crippen LogP contribution in [0.15, 0.2) is 22.7 Å². The van der Waals surface area contributed by atoms with Crippen LogP contribution in [0.3, 0.4) is 0 Å². The van der Waals surface area contributed by atoms with Gasteiger partial charge in [0.25, 0.3) is 0 Å². The first-order valence-electron chi connectivity index (χ1n) is 5.86. The van der Waals surface area contributed by atoms with Gasteiger partial charge in [-0.1, -0.05) is 0 Å². The fourth-order valence-electron chi connectivity index (χ4n) is 2.21. The van der Waals surface area contributed by atoms with Crippen molar-refractivity contribution in [3.8, 4) is 10.6 Å². The molecule has 0 saturated carbocycles. The number of thiazole rings is 1. The summed E-state index contributed by atoms with van der Waals surface area (Å²) in [5.41, 5.74) is 8.15. The van der Waals surface area contributed by atoms with Gasteiger partial charge in [-0.05, 0) is 53.4 Å². The molecule has 1 heterocycles. The van der Waals surface area contributed by atoms with Crippen molar-refractivity contribution < 1.29 is 4.39 Å². The van der Waals surface area contributed by atoms with Gasteiger partial charge in [-0.15, -0.1) is 11.3 Å². The lowest BCUT2D eigenvalue weighted by Crippen LogP contribution is -2.15. The highest BCUT2D eigenvalue weighted by Gasteiger charge is 2.22. The minimum atomic E-state index is -0.253. The fourth-order valence-corrected chi connectivity index (χ4v) is 3.73. The Morgan fingerprint density at radius 1 is 1.44 bits per heavy atom. The first-order valence-corrected chi connectivity index (χ1v) is 7.46. The van der Waals surface area contributed by atoms with E-state index >= 15 is 0 Å². The molecular formula is C13H12BrFN2S. The maximum absolute atomic E-state index is 13.2. The Labute approximate surface area is 117 Å². The van der Waals surface area contributed by atoms with Crippen LogP contribution in [-0.2, 0) is 6.42 Å². The molecule has 0 saturated heterocycles. The van der Waals surface area contributed by atoms with E-state index in [9.17, 15) is 4.39 Å². The Balaban J connectivity index is 2.04. The normalized spacial score (nSPS) is 18.7. The number of rotatable bonds is 1. The average molecular weight is 327 g/mol. The topological polar surface area (TPSA) is 38.9 Å². The van der Waals surface area contributed by atoms with Crippen LogP contribution in [0.5, 0.6) is 0 Å². The van der Waals surface area contributed by atoms with E-state index in [2.05, 4.69) is 20.9 Å². The molecule has 1 atom stereocenters. The molecule has 0 spiro atoms. The lowest BCUT2D eigenvalue weighted by atomic mass is 9.99. The summed E-state index contributed by atoms with van der Waals surface area (Å²) >= 11 is 4.84. The predicted octanol–water partition coefficient (Wildman–Crippen LogP) is 4.05. The Kier molecular flexibility index (Phi) is 3.21. The molecule has 0 bridgehead atoms. The average Bonchev–Trinajstić information content (AvgIpc) is 2.78. The minimum absolute atomic E-state index is 0.115. The second kappa shape index (κ2) is 4.72. The summed E-state index contributed by atoms with van der Waals surface area (Å²) in [7, 11) is 0. The first kappa shape index (κ1) is 12.3. The Morgan fingerprint density at radius 2 is 2.28 bits per heavy atom. The standard InChI is InChI=1S/C13H12BrFN2S/c14-8-6-7(4-5-9(8)15)13-17-11-3-1-2-10(16)12(11)18-13/h4-6,10H,1-3,16H2. The Morgan fingerprint density at radius 3 is 3.00 bits per heavy atom. The fraction of sp³-hybridized carbons (Fsp3) is 0.308. The number of fused-ring (bicyclic) bond motifs is 1. The third kappa shape index (κ3) is 2.11. The van der Waals surface area contributed by atoms with Crippen molar-refractivity contribution in [2.75, 3.05) is 0 Å². The molecule has 0 radical (unpaired) electrons. The maximum atomic E-state index is 13.2. The third-order valence-corrected chi connectivity index (χ3v) is 5.05. The summed E-state index contributed by atoms with van der Waals surface area (Å²) in [6.45, 7) is 0. The van der Waals surface area contributed by atoms with Crippen molar-refractivity contribution >= 4 is 27.3 Å². The summed E-state index contributed by atoms with van der Waals surface area (Å²) in [6.07, 6.45) is 3.13. The van der Waals surface area contributed by atoms with Crippen LogP contribution in [0.4, 0.5) is 4.39 Å². The van der Waals surface area contributed by atoms with Crippen LogP contribution in [0, 0.1) is 5.82 Å². The van der Waals surface area contributed by atoms with Gasteiger partial charge in [-0.3, -0.25) is 0 Å². The van der Waals surface area contributed by atoms with Crippen LogP contribution < -0.4 is 5.73 Å². The van der Waals surface area contributed by atoms with Crippen LogP contribution in [-0.4, -0.2) is 4.98 Å². The minimum Gasteiger partial charge on any atom is -0.323 e. The van der Waals surface area contributed by atoms with Crippen molar-refractivity contribution in [3.05, 3.63) is 39.1 Å². The van der Waals surface area contributed by atoms with E-state index in [-0.39, 0.29) is 11.9 Å². The van der Waals surface area contributed by atoms with Gasteiger partial charge < -0.3 is 5.73 Å². The second-order valence-corrected chi connectivity index (χ2v) is 6.34. The molecule has 0 amide bonds. The second-order valence-electron chi connectivity index (χ2n) is 4.46. The molecular weight excluding hydrogens is 315 g/mol. The number of aromatic nitrogens is 1. The summed E-state index contributed by atoms with van der Waals surface area (Å²) in [6, 6.07) is 5.10. The molecule has 0 fully saturated rings. The lowest BCUT2D eigenvalue weighted by Gasteiger charge is -2.15. The van der Waals surface area contributed by atoms with Gasteiger partial charge in [0, 0.05) is 16.5 Å². The maximum Gasteiger partial charge on any atom is 0.137 e. The predicted molar refractivity (Wildman–Crippen MR) is 75.1 cm³/mol. The van der Waals surface area contributed by atoms with E-state index in [1.54, 1.807) is 23.5 Å². The first-order chi connectivity index (χ1) is 8.65. The number of benzene rings is 1. The van der Waals surface area contributed by atoms with E-state index in [4.69, 9.17) is 5.73 Å².